The average molecular weight is 430 g/mol. The van der Waals surface area contributed by atoms with E-state index in [0.717, 1.165) is 32.3 Å². The molecule has 0 atom stereocenters. The van der Waals surface area contributed by atoms with Crippen LogP contribution in [0.4, 0.5) is 5.69 Å². The number of hydrogen-bond donors (Lipinski definition) is 0. The molecule has 4 heteroatoms. The number of nitro groups is 1. The van der Waals surface area contributed by atoms with Gasteiger partial charge in [-0.25, -0.2) is 0 Å². The van der Waals surface area contributed by atoms with Crippen LogP contribution in [0.3, 0.4) is 0 Å². The lowest BCUT2D eigenvalue weighted by atomic mass is 9.93. The first-order valence-corrected chi connectivity index (χ1v) is 9.61. The Morgan fingerprint density at radius 1 is 0.607 bits per heavy atom. The molecule has 0 aliphatic carbocycles. The number of nitrogens with zero attached hydrogens (tertiary/aromatic N) is 1. The van der Waals surface area contributed by atoms with Gasteiger partial charge in [0, 0.05) is 10.5 Å². The Hall–Kier alpha value is -3.24. The first-order chi connectivity index (χ1) is 13.6. The Morgan fingerprint density at radius 2 is 1.11 bits per heavy atom. The van der Waals surface area contributed by atoms with Crippen LogP contribution in [0.15, 0.2) is 102 Å². The van der Waals surface area contributed by atoms with Gasteiger partial charge in [0.1, 0.15) is 0 Å². The fraction of sp³-hybridized carbons (Fsp3) is 0. The lowest BCUT2D eigenvalue weighted by molar-refractivity contribution is -0.384. The lowest BCUT2D eigenvalue weighted by Crippen LogP contribution is -1.93. The van der Waals surface area contributed by atoms with E-state index < -0.39 is 0 Å². The van der Waals surface area contributed by atoms with Crippen molar-refractivity contribution in [3.63, 3.8) is 0 Å². The lowest BCUT2D eigenvalue weighted by Gasteiger charge is -2.12. The zero-order chi connectivity index (χ0) is 19.5. The Bertz CT molecular complexity index is 1080. The van der Waals surface area contributed by atoms with Crippen LogP contribution in [0.25, 0.3) is 33.4 Å². The summed E-state index contributed by atoms with van der Waals surface area (Å²) >= 11 is 3.45. The van der Waals surface area contributed by atoms with Crippen LogP contribution >= 0.6 is 15.9 Å². The molecule has 0 bridgehead atoms. The molecule has 0 aromatic heterocycles. The molecular formula is C24H16BrNO2. The third-order valence-corrected chi connectivity index (χ3v) is 5.11. The predicted octanol–water partition coefficient (Wildman–Crippen LogP) is 7.36. The van der Waals surface area contributed by atoms with E-state index >= 15 is 0 Å². The van der Waals surface area contributed by atoms with E-state index in [2.05, 4.69) is 22.0 Å². The van der Waals surface area contributed by atoms with E-state index in [1.165, 1.54) is 6.07 Å². The first-order valence-electron chi connectivity index (χ1n) is 8.82. The van der Waals surface area contributed by atoms with E-state index in [0.29, 0.717) is 5.56 Å². The van der Waals surface area contributed by atoms with Crippen LogP contribution in [-0.4, -0.2) is 4.92 Å². The molecule has 0 saturated heterocycles. The van der Waals surface area contributed by atoms with Crippen molar-refractivity contribution < 1.29 is 4.92 Å². The van der Waals surface area contributed by atoms with Gasteiger partial charge in [0.2, 0.25) is 0 Å². The Kier molecular flexibility index (Phi) is 5.04. The number of nitro benzene ring substituents is 1. The maximum atomic E-state index is 11.6. The van der Waals surface area contributed by atoms with E-state index in [4.69, 9.17) is 0 Å². The topological polar surface area (TPSA) is 43.1 Å². The summed E-state index contributed by atoms with van der Waals surface area (Å²) in [6.45, 7) is 0. The molecule has 0 amide bonds. The minimum absolute atomic E-state index is 0.0902. The van der Waals surface area contributed by atoms with Gasteiger partial charge in [-0.05, 0) is 58.1 Å². The zero-order valence-corrected chi connectivity index (χ0v) is 16.5. The van der Waals surface area contributed by atoms with E-state index in [9.17, 15) is 10.1 Å². The van der Waals surface area contributed by atoms with E-state index in [1.54, 1.807) is 12.1 Å². The molecule has 4 rings (SSSR count). The number of halogens is 1. The fourth-order valence-electron chi connectivity index (χ4n) is 3.28. The molecule has 0 N–H and O–H groups in total. The van der Waals surface area contributed by atoms with Crippen LogP contribution in [0, 0.1) is 10.1 Å². The van der Waals surface area contributed by atoms with Crippen molar-refractivity contribution in [2.24, 2.45) is 0 Å². The molecular weight excluding hydrogens is 414 g/mol. The Balaban J connectivity index is 1.98. The van der Waals surface area contributed by atoms with Crippen LogP contribution in [-0.2, 0) is 0 Å². The van der Waals surface area contributed by atoms with Crippen molar-refractivity contribution in [2.45, 2.75) is 0 Å². The van der Waals surface area contributed by atoms with Gasteiger partial charge in [0.15, 0.2) is 0 Å². The fourth-order valence-corrected chi connectivity index (χ4v) is 3.64. The number of benzene rings is 4. The van der Waals surface area contributed by atoms with Crippen molar-refractivity contribution in [1.29, 1.82) is 0 Å². The number of rotatable bonds is 4. The summed E-state index contributed by atoms with van der Waals surface area (Å²) < 4.78 is 0.805. The van der Waals surface area contributed by atoms with Crippen molar-refractivity contribution in [3.05, 3.63) is 112 Å². The second-order valence-corrected chi connectivity index (χ2v) is 7.37. The van der Waals surface area contributed by atoms with Crippen LogP contribution in [0.1, 0.15) is 0 Å². The highest BCUT2D eigenvalue weighted by molar-refractivity contribution is 9.10. The van der Waals surface area contributed by atoms with Gasteiger partial charge in [-0.15, -0.1) is 0 Å². The summed E-state index contributed by atoms with van der Waals surface area (Å²) in [6.07, 6.45) is 0. The molecule has 4 aromatic carbocycles. The normalized spacial score (nSPS) is 10.6. The molecule has 0 aliphatic heterocycles. The van der Waals surface area contributed by atoms with Gasteiger partial charge in [-0.3, -0.25) is 10.1 Å². The van der Waals surface area contributed by atoms with Gasteiger partial charge in [-0.2, -0.15) is 0 Å². The number of hydrogen-bond acceptors (Lipinski definition) is 2. The first kappa shape index (κ1) is 18.1. The van der Waals surface area contributed by atoms with Crippen LogP contribution < -0.4 is 0 Å². The van der Waals surface area contributed by atoms with Gasteiger partial charge in [0.05, 0.1) is 10.5 Å². The summed E-state index contributed by atoms with van der Waals surface area (Å²) in [6, 6.07) is 31.3. The molecule has 28 heavy (non-hydrogen) atoms. The average Bonchev–Trinajstić information content (AvgIpc) is 2.74. The second-order valence-electron chi connectivity index (χ2n) is 6.45. The smallest absolute Gasteiger partial charge is 0.258 e. The second kappa shape index (κ2) is 7.79. The maximum Gasteiger partial charge on any atom is 0.277 e. The SMILES string of the molecule is O=[N+]([O-])c1ccc(Br)cc1-c1cc(-c2ccccc2)cc(-c2ccccc2)c1. The molecule has 3 nitrogen and oxygen atoms in total. The molecule has 0 fully saturated rings. The minimum Gasteiger partial charge on any atom is -0.258 e. The predicted molar refractivity (Wildman–Crippen MR) is 117 cm³/mol. The molecule has 0 saturated carbocycles. The van der Waals surface area contributed by atoms with Gasteiger partial charge in [-0.1, -0.05) is 76.6 Å². The highest BCUT2D eigenvalue weighted by Gasteiger charge is 2.17. The minimum atomic E-state index is -0.334. The molecule has 136 valence electrons. The third kappa shape index (κ3) is 3.73. The van der Waals surface area contributed by atoms with E-state index in [1.807, 2.05) is 72.8 Å². The third-order valence-electron chi connectivity index (χ3n) is 4.61. The standard InChI is InChI=1S/C24H16BrNO2/c25-22-11-12-24(26(27)28)23(16-22)21-14-19(17-7-3-1-4-8-17)13-20(15-21)18-9-5-2-6-10-18/h1-16H. The molecule has 4 aromatic rings. The van der Waals surface area contributed by atoms with Crippen molar-refractivity contribution in [3.8, 4) is 33.4 Å². The molecule has 0 unspecified atom stereocenters. The van der Waals surface area contributed by atoms with Crippen molar-refractivity contribution >= 4 is 21.6 Å². The molecule has 0 radical (unpaired) electrons. The summed E-state index contributed by atoms with van der Waals surface area (Å²) in [5.74, 6) is 0. The van der Waals surface area contributed by atoms with Gasteiger partial charge < -0.3 is 0 Å². The Morgan fingerprint density at radius 3 is 1.61 bits per heavy atom. The summed E-state index contributed by atoms with van der Waals surface area (Å²) in [4.78, 5) is 11.3. The summed E-state index contributed by atoms with van der Waals surface area (Å²) in [5, 5.41) is 11.6. The van der Waals surface area contributed by atoms with Crippen LogP contribution in [0.5, 0.6) is 0 Å². The molecule has 0 heterocycles. The zero-order valence-electron chi connectivity index (χ0n) is 14.9. The maximum absolute atomic E-state index is 11.6. The van der Waals surface area contributed by atoms with Gasteiger partial charge in [0.25, 0.3) is 5.69 Å². The van der Waals surface area contributed by atoms with Crippen molar-refractivity contribution in [1.82, 2.24) is 0 Å². The summed E-state index contributed by atoms with van der Waals surface area (Å²) in [5.41, 5.74) is 5.67. The van der Waals surface area contributed by atoms with Crippen LogP contribution in [0.2, 0.25) is 0 Å². The molecule has 0 spiro atoms. The summed E-state index contributed by atoms with van der Waals surface area (Å²) in [7, 11) is 0. The quantitative estimate of drug-likeness (QED) is 0.251. The highest BCUT2D eigenvalue weighted by atomic mass is 79.9. The van der Waals surface area contributed by atoms with Gasteiger partial charge >= 0.3 is 0 Å². The monoisotopic (exact) mass is 429 g/mol. The molecule has 0 aliphatic rings. The Labute approximate surface area is 171 Å². The largest absolute Gasteiger partial charge is 0.277 e. The van der Waals surface area contributed by atoms with Crippen molar-refractivity contribution in [2.75, 3.05) is 0 Å². The highest BCUT2D eigenvalue weighted by Crippen LogP contribution is 2.37. The van der Waals surface area contributed by atoms with E-state index in [-0.39, 0.29) is 10.6 Å².